The van der Waals surface area contributed by atoms with Gasteiger partial charge in [-0.05, 0) is 49.7 Å². The zero-order chi connectivity index (χ0) is 16.1. The SMILES string of the molecule is Cc1ccccc1CN(CC1CCCCC1)C(=O)[C@H]1CCCO1. The van der Waals surface area contributed by atoms with Crippen LogP contribution in [-0.4, -0.2) is 30.1 Å². The molecular formula is C20H29NO2. The zero-order valence-electron chi connectivity index (χ0n) is 14.3. The number of ether oxygens (including phenoxy) is 1. The van der Waals surface area contributed by atoms with E-state index in [0.29, 0.717) is 5.92 Å². The molecule has 1 amide bonds. The number of carbonyl (C=O) groups excluding carboxylic acids is 1. The summed E-state index contributed by atoms with van der Waals surface area (Å²) in [5.41, 5.74) is 2.52. The average Bonchev–Trinajstić information content (AvgIpc) is 3.11. The zero-order valence-corrected chi connectivity index (χ0v) is 14.3. The summed E-state index contributed by atoms with van der Waals surface area (Å²) in [6, 6.07) is 8.40. The van der Waals surface area contributed by atoms with E-state index in [0.717, 1.165) is 32.5 Å². The van der Waals surface area contributed by atoms with Gasteiger partial charge in [0.2, 0.25) is 0 Å². The first kappa shape index (κ1) is 16.5. The molecule has 0 spiro atoms. The molecule has 1 aliphatic heterocycles. The Hall–Kier alpha value is -1.35. The maximum absolute atomic E-state index is 12.9. The van der Waals surface area contributed by atoms with Crippen molar-refractivity contribution in [2.45, 2.75) is 64.5 Å². The minimum atomic E-state index is -0.206. The smallest absolute Gasteiger partial charge is 0.252 e. The first-order valence-corrected chi connectivity index (χ1v) is 9.19. The number of benzene rings is 1. The summed E-state index contributed by atoms with van der Waals surface area (Å²) >= 11 is 0. The van der Waals surface area contributed by atoms with E-state index < -0.39 is 0 Å². The second-order valence-corrected chi connectivity index (χ2v) is 7.15. The number of rotatable bonds is 5. The van der Waals surface area contributed by atoms with Crippen molar-refractivity contribution in [1.82, 2.24) is 4.90 Å². The Balaban J connectivity index is 1.71. The van der Waals surface area contributed by atoms with Gasteiger partial charge in [-0.3, -0.25) is 4.79 Å². The van der Waals surface area contributed by atoms with E-state index in [1.165, 1.54) is 43.2 Å². The third-order valence-electron chi connectivity index (χ3n) is 5.34. The van der Waals surface area contributed by atoms with Gasteiger partial charge in [0.1, 0.15) is 6.10 Å². The highest BCUT2D eigenvalue weighted by Crippen LogP contribution is 2.26. The monoisotopic (exact) mass is 315 g/mol. The molecule has 0 unspecified atom stereocenters. The lowest BCUT2D eigenvalue weighted by Crippen LogP contribution is -2.41. The summed E-state index contributed by atoms with van der Waals surface area (Å²) in [5.74, 6) is 0.870. The standard InChI is InChI=1S/C20H29NO2/c1-16-8-5-6-11-18(16)15-21(14-17-9-3-2-4-10-17)20(22)19-12-7-13-23-19/h5-6,8,11,17,19H,2-4,7,9-10,12-15H2,1H3/t19-/m1/s1. The quantitative estimate of drug-likeness (QED) is 0.819. The topological polar surface area (TPSA) is 29.5 Å². The molecule has 0 N–H and O–H groups in total. The Morgan fingerprint density at radius 3 is 2.61 bits per heavy atom. The van der Waals surface area contributed by atoms with Crippen LogP contribution < -0.4 is 0 Å². The van der Waals surface area contributed by atoms with Crippen LogP contribution in [-0.2, 0) is 16.1 Å². The minimum Gasteiger partial charge on any atom is -0.368 e. The Morgan fingerprint density at radius 2 is 1.91 bits per heavy atom. The van der Waals surface area contributed by atoms with Gasteiger partial charge in [-0.25, -0.2) is 0 Å². The number of hydrogen-bond donors (Lipinski definition) is 0. The number of carbonyl (C=O) groups is 1. The maximum Gasteiger partial charge on any atom is 0.252 e. The van der Waals surface area contributed by atoms with E-state index in [4.69, 9.17) is 4.74 Å². The molecule has 23 heavy (non-hydrogen) atoms. The minimum absolute atomic E-state index is 0.205. The van der Waals surface area contributed by atoms with E-state index in [9.17, 15) is 4.79 Å². The van der Waals surface area contributed by atoms with Crippen molar-refractivity contribution < 1.29 is 9.53 Å². The van der Waals surface area contributed by atoms with Crippen molar-refractivity contribution in [1.29, 1.82) is 0 Å². The molecule has 0 bridgehead atoms. The predicted molar refractivity (Wildman–Crippen MR) is 92.1 cm³/mol. The number of amides is 1. The molecule has 1 saturated heterocycles. The first-order valence-electron chi connectivity index (χ1n) is 9.19. The van der Waals surface area contributed by atoms with Crippen molar-refractivity contribution in [3.63, 3.8) is 0 Å². The fourth-order valence-electron chi connectivity index (χ4n) is 3.88. The van der Waals surface area contributed by atoms with Gasteiger partial charge in [-0.1, -0.05) is 43.5 Å². The predicted octanol–water partition coefficient (Wildman–Crippen LogP) is 4.08. The van der Waals surface area contributed by atoms with Gasteiger partial charge in [-0.2, -0.15) is 0 Å². The molecule has 126 valence electrons. The van der Waals surface area contributed by atoms with Gasteiger partial charge in [0.05, 0.1) is 0 Å². The molecule has 3 rings (SSSR count). The lowest BCUT2D eigenvalue weighted by molar-refractivity contribution is -0.142. The van der Waals surface area contributed by atoms with Crippen LogP contribution in [0.3, 0.4) is 0 Å². The van der Waals surface area contributed by atoms with Crippen molar-refractivity contribution in [3.05, 3.63) is 35.4 Å². The molecule has 3 heteroatoms. The highest BCUT2D eigenvalue weighted by Gasteiger charge is 2.30. The van der Waals surface area contributed by atoms with Gasteiger partial charge in [0, 0.05) is 19.7 Å². The normalized spacial score (nSPS) is 22.2. The van der Waals surface area contributed by atoms with Crippen molar-refractivity contribution >= 4 is 5.91 Å². The molecule has 0 radical (unpaired) electrons. The molecule has 1 heterocycles. The Labute approximate surface area is 140 Å². The summed E-state index contributed by atoms with van der Waals surface area (Å²) in [7, 11) is 0. The van der Waals surface area contributed by atoms with E-state index in [2.05, 4.69) is 36.1 Å². The molecule has 2 aliphatic rings. The number of aryl methyl sites for hydroxylation is 1. The highest BCUT2D eigenvalue weighted by molar-refractivity contribution is 5.81. The van der Waals surface area contributed by atoms with Crippen LogP contribution in [0.15, 0.2) is 24.3 Å². The van der Waals surface area contributed by atoms with E-state index in [1.807, 2.05) is 0 Å². The molecule has 1 saturated carbocycles. The third-order valence-corrected chi connectivity index (χ3v) is 5.34. The van der Waals surface area contributed by atoms with Gasteiger partial charge in [-0.15, -0.1) is 0 Å². The molecule has 1 aromatic rings. The second-order valence-electron chi connectivity index (χ2n) is 7.15. The summed E-state index contributed by atoms with van der Waals surface area (Å²) in [5, 5.41) is 0. The largest absolute Gasteiger partial charge is 0.368 e. The molecule has 0 aromatic heterocycles. The Kier molecular flexibility index (Phi) is 5.71. The lowest BCUT2D eigenvalue weighted by atomic mass is 9.88. The summed E-state index contributed by atoms with van der Waals surface area (Å²) in [4.78, 5) is 15.0. The van der Waals surface area contributed by atoms with E-state index >= 15 is 0 Å². The van der Waals surface area contributed by atoms with Crippen molar-refractivity contribution in [2.24, 2.45) is 5.92 Å². The van der Waals surface area contributed by atoms with Gasteiger partial charge >= 0.3 is 0 Å². The third kappa shape index (κ3) is 4.35. The van der Waals surface area contributed by atoms with Crippen LogP contribution in [0.5, 0.6) is 0 Å². The lowest BCUT2D eigenvalue weighted by Gasteiger charge is -2.31. The fraction of sp³-hybridized carbons (Fsp3) is 0.650. The Morgan fingerprint density at radius 1 is 1.13 bits per heavy atom. The number of nitrogens with zero attached hydrogens (tertiary/aromatic N) is 1. The van der Waals surface area contributed by atoms with Crippen LogP contribution in [0, 0.1) is 12.8 Å². The second kappa shape index (κ2) is 7.96. The van der Waals surface area contributed by atoms with E-state index in [1.54, 1.807) is 0 Å². The molecule has 3 nitrogen and oxygen atoms in total. The summed E-state index contributed by atoms with van der Waals surface area (Å²) < 4.78 is 5.66. The van der Waals surface area contributed by atoms with Crippen LogP contribution in [0.2, 0.25) is 0 Å². The number of hydrogen-bond acceptors (Lipinski definition) is 2. The van der Waals surface area contributed by atoms with Crippen LogP contribution in [0.1, 0.15) is 56.1 Å². The molecular weight excluding hydrogens is 286 g/mol. The van der Waals surface area contributed by atoms with Crippen molar-refractivity contribution in [3.8, 4) is 0 Å². The van der Waals surface area contributed by atoms with Gasteiger partial charge in [0.25, 0.3) is 5.91 Å². The maximum atomic E-state index is 12.9. The van der Waals surface area contributed by atoms with Crippen molar-refractivity contribution in [2.75, 3.05) is 13.2 Å². The average molecular weight is 315 g/mol. The van der Waals surface area contributed by atoms with Gasteiger partial charge in [0.15, 0.2) is 0 Å². The van der Waals surface area contributed by atoms with Crippen LogP contribution in [0.4, 0.5) is 0 Å². The molecule has 1 atom stereocenters. The van der Waals surface area contributed by atoms with Crippen LogP contribution in [0.25, 0.3) is 0 Å². The molecule has 1 aromatic carbocycles. The fourth-order valence-corrected chi connectivity index (χ4v) is 3.88. The molecule has 2 fully saturated rings. The summed E-state index contributed by atoms with van der Waals surface area (Å²) in [6.07, 6.45) is 8.21. The molecule has 1 aliphatic carbocycles. The first-order chi connectivity index (χ1) is 11.2. The van der Waals surface area contributed by atoms with Crippen LogP contribution >= 0.6 is 0 Å². The van der Waals surface area contributed by atoms with E-state index in [-0.39, 0.29) is 12.0 Å². The summed E-state index contributed by atoms with van der Waals surface area (Å²) in [6.45, 7) is 4.48. The van der Waals surface area contributed by atoms with Gasteiger partial charge < -0.3 is 9.64 Å². The Bertz CT molecular complexity index is 516. The highest BCUT2D eigenvalue weighted by atomic mass is 16.5.